The zero-order valence-electron chi connectivity index (χ0n) is 9.94. The number of carbonyl (C=O) groups excluding carboxylic acids is 1. The maximum absolute atomic E-state index is 12.0. The summed E-state index contributed by atoms with van der Waals surface area (Å²) in [7, 11) is 0.157. The summed E-state index contributed by atoms with van der Waals surface area (Å²) >= 11 is 3.28. The molecule has 1 aromatic carbocycles. The first-order chi connectivity index (χ1) is 8.54. The highest BCUT2D eigenvalue weighted by molar-refractivity contribution is 9.10. The number of anilines is 1. The smallest absolute Gasteiger partial charge is 0.233 e. The standard InChI is InChI=1S/C11H15BrN2O3S/c1-17-5-4-14-11(15)7-18(16)10-3-2-8(13)6-9(10)12/h2-3,6H,4-5,7,13H2,1H3,(H,14,15). The number of nitrogens with two attached hydrogens (primary N) is 1. The van der Waals surface area contributed by atoms with Crippen molar-refractivity contribution in [2.75, 3.05) is 31.7 Å². The number of amides is 1. The van der Waals surface area contributed by atoms with E-state index < -0.39 is 10.8 Å². The number of rotatable bonds is 6. The molecule has 0 aromatic heterocycles. The Morgan fingerprint density at radius 2 is 2.28 bits per heavy atom. The van der Waals surface area contributed by atoms with E-state index in [1.54, 1.807) is 25.3 Å². The number of halogens is 1. The predicted molar refractivity (Wildman–Crippen MR) is 74.7 cm³/mol. The second-order valence-corrected chi connectivity index (χ2v) is 5.80. The number of hydrogen-bond donors (Lipinski definition) is 2. The van der Waals surface area contributed by atoms with E-state index in [9.17, 15) is 9.00 Å². The van der Waals surface area contributed by atoms with Crippen molar-refractivity contribution in [1.29, 1.82) is 0 Å². The third kappa shape index (κ3) is 4.75. The second-order valence-electron chi connectivity index (χ2n) is 3.52. The minimum absolute atomic E-state index is 0.0772. The Labute approximate surface area is 117 Å². The van der Waals surface area contributed by atoms with E-state index in [0.717, 1.165) is 0 Å². The largest absolute Gasteiger partial charge is 0.399 e. The van der Waals surface area contributed by atoms with Gasteiger partial charge in [-0.1, -0.05) is 0 Å². The Kier molecular flexibility index (Phi) is 6.31. The van der Waals surface area contributed by atoms with E-state index in [1.165, 1.54) is 0 Å². The summed E-state index contributed by atoms with van der Waals surface area (Å²) < 4.78 is 17.4. The molecule has 0 radical (unpaired) electrons. The van der Waals surface area contributed by atoms with Crippen molar-refractivity contribution >= 4 is 38.3 Å². The van der Waals surface area contributed by atoms with E-state index in [0.29, 0.717) is 28.2 Å². The van der Waals surface area contributed by atoms with Crippen molar-refractivity contribution in [2.24, 2.45) is 0 Å². The average Bonchev–Trinajstić information content (AvgIpc) is 2.28. The van der Waals surface area contributed by atoms with Crippen molar-refractivity contribution in [1.82, 2.24) is 5.32 Å². The first kappa shape index (κ1) is 15.1. The molecule has 0 fully saturated rings. The molecule has 1 rings (SSSR count). The van der Waals surface area contributed by atoms with Crippen LogP contribution in [0.1, 0.15) is 0 Å². The molecular formula is C11H15BrN2O3S. The van der Waals surface area contributed by atoms with Gasteiger partial charge in [0.2, 0.25) is 5.91 Å². The molecular weight excluding hydrogens is 320 g/mol. The molecule has 100 valence electrons. The molecule has 0 aliphatic heterocycles. The molecule has 1 aromatic rings. The summed E-state index contributed by atoms with van der Waals surface area (Å²) in [6.07, 6.45) is 0. The number of nitrogens with one attached hydrogen (secondary N) is 1. The lowest BCUT2D eigenvalue weighted by Gasteiger charge is -2.06. The first-order valence-corrected chi connectivity index (χ1v) is 7.35. The molecule has 1 amide bonds. The Morgan fingerprint density at radius 1 is 1.56 bits per heavy atom. The minimum atomic E-state index is -1.39. The summed E-state index contributed by atoms with van der Waals surface area (Å²) in [6.45, 7) is 0.847. The normalized spacial score (nSPS) is 12.1. The number of hydrogen-bond acceptors (Lipinski definition) is 4. The monoisotopic (exact) mass is 334 g/mol. The van der Waals surface area contributed by atoms with E-state index in [2.05, 4.69) is 21.2 Å². The molecule has 0 saturated carbocycles. The van der Waals surface area contributed by atoms with Crippen LogP contribution in [-0.4, -0.2) is 36.1 Å². The van der Waals surface area contributed by atoms with Gasteiger partial charge in [-0.2, -0.15) is 0 Å². The van der Waals surface area contributed by atoms with Crippen LogP contribution in [0.3, 0.4) is 0 Å². The molecule has 3 N–H and O–H groups in total. The summed E-state index contributed by atoms with van der Waals surface area (Å²) in [6, 6.07) is 4.97. The van der Waals surface area contributed by atoms with E-state index in [-0.39, 0.29) is 11.7 Å². The molecule has 7 heteroatoms. The van der Waals surface area contributed by atoms with Gasteiger partial charge in [-0.25, -0.2) is 0 Å². The summed E-state index contributed by atoms with van der Waals surface area (Å²) in [5, 5.41) is 2.62. The van der Waals surface area contributed by atoms with Crippen LogP contribution in [0.15, 0.2) is 27.6 Å². The molecule has 1 atom stereocenters. The van der Waals surface area contributed by atoms with Crippen molar-refractivity contribution in [3.63, 3.8) is 0 Å². The van der Waals surface area contributed by atoms with Crippen LogP contribution in [-0.2, 0) is 20.3 Å². The van der Waals surface area contributed by atoms with Crippen molar-refractivity contribution < 1.29 is 13.7 Å². The molecule has 1 unspecified atom stereocenters. The van der Waals surface area contributed by atoms with Crippen LogP contribution in [0.5, 0.6) is 0 Å². The Hall–Kier alpha value is -0.920. The SMILES string of the molecule is COCCNC(=O)CS(=O)c1ccc(N)cc1Br. The van der Waals surface area contributed by atoms with E-state index >= 15 is 0 Å². The lowest BCUT2D eigenvalue weighted by molar-refractivity contribution is -0.118. The molecule has 0 bridgehead atoms. The quantitative estimate of drug-likeness (QED) is 0.598. The lowest BCUT2D eigenvalue weighted by Crippen LogP contribution is -2.31. The third-order valence-electron chi connectivity index (χ3n) is 2.09. The van der Waals surface area contributed by atoms with Crippen LogP contribution < -0.4 is 11.1 Å². The fraction of sp³-hybridized carbons (Fsp3) is 0.364. The molecule has 0 aliphatic carbocycles. The van der Waals surface area contributed by atoms with Gasteiger partial charge in [-0.3, -0.25) is 9.00 Å². The van der Waals surface area contributed by atoms with Gasteiger partial charge in [0.05, 0.1) is 22.3 Å². The molecule has 18 heavy (non-hydrogen) atoms. The highest BCUT2D eigenvalue weighted by Gasteiger charge is 2.12. The number of carbonyl (C=O) groups is 1. The summed E-state index contributed by atoms with van der Waals surface area (Å²) in [5.41, 5.74) is 6.16. The predicted octanol–water partition coefficient (Wildman–Crippen LogP) is 0.902. The van der Waals surface area contributed by atoms with Gasteiger partial charge in [-0.05, 0) is 34.1 Å². The van der Waals surface area contributed by atoms with Gasteiger partial charge in [0.25, 0.3) is 0 Å². The average molecular weight is 335 g/mol. The zero-order valence-corrected chi connectivity index (χ0v) is 12.3. The summed E-state index contributed by atoms with van der Waals surface area (Å²) in [5.74, 6) is -0.346. The van der Waals surface area contributed by atoms with Gasteiger partial charge >= 0.3 is 0 Å². The van der Waals surface area contributed by atoms with Crippen LogP contribution in [0.25, 0.3) is 0 Å². The Bertz CT molecular complexity index is 454. The maximum Gasteiger partial charge on any atom is 0.233 e. The number of benzene rings is 1. The molecule has 0 saturated heterocycles. The first-order valence-electron chi connectivity index (χ1n) is 5.23. The third-order valence-corrected chi connectivity index (χ3v) is 4.38. The zero-order chi connectivity index (χ0) is 13.5. The van der Waals surface area contributed by atoms with E-state index in [1.807, 2.05) is 0 Å². The number of ether oxygens (including phenoxy) is 1. The molecule has 5 nitrogen and oxygen atoms in total. The van der Waals surface area contributed by atoms with Gasteiger partial charge in [0.15, 0.2) is 0 Å². The van der Waals surface area contributed by atoms with Crippen molar-refractivity contribution in [3.05, 3.63) is 22.7 Å². The van der Waals surface area contributed by atoms with Crippen LogP contribution in [0, 0.1) is 0 Å². The summed E-state index contributed by atoms with van der Waals surface area (Å²) in [4.78, 5) is 12.0. The van der Waals surface area contributed by atoms with E-state index in [4.69, 9.17) is 10.5 Å². The topological polar surface area (TPSA) is 81.4 Å². The van der Waals surface area contributed by atoms with Gasteiger partial charge in [0, 0.05) is 23.8 Å². The fourth-order valence-corrected chi connectivity index (χ4v) is 3.17. The van der Waals surface area contributed by atoms with Crippen LogP contribution >= 0.6 is 15.9 Å². The number of nitrogen functional groups attached to an aromatic ring is 1. The highest BCUT2D eigenvalue weighted by Crippen LogP contribution is 2.22. The fourth-order valence-electron chi connectivity index (χ4n) is 1.24. The van der Waals surface area contributed by atoms with Crippen molar-refractivity contribution in [2.45, 2.75) is 4.90 Å². The number of methoxy groups -OCH3 is 1. The Morgan fingerprint density at radius 3 is 2.89 bits per heavy atom. The van der Waals surface area contributed by atoms with Gasteiger partial charge in [0.1, 0.15) is 5.75 Å². The molecule has 0 spiro atoms. The van der Waals surface area contributed by atoms with Crippen molar-refractivity contribution in [3.8, 4) is 0 Å². The van der Waals surface area contributed by atoms with Crippen LogP contribution in [0.4, 0.5) is 5.69 Å². The maximum atomic E-state index is 12.0. The minimum Gasteiger partial charge on any atom is -0.399 e. The second kappa shape index (κ2) is 7.50. The van der Waals surface area contributed by atoms with Gasteiger partial charge < -0.3 is 15.8 Å². The molecule has 0 aliphatic rings. The van der Waals surface area contributed by atoms with Gasteiger partial charge in [-0.15, -0.1) is 0 Å². The molecule has 0 heterocycles. The lowest BCUT2D eigenvalue weighted by atomic mass is 10.3. The Balaban J connectivity index is 2.57. The highest BCUT2D eigenvalue weighted by atomic mass is 79.9. The van der Waals surface area contributed by atoms with Crippen LogP contribution in [0.2, 0.25) is 0 Å².